The van der Waals surface area contributed by atoms with Gasteiger partial charge < -0.3 is 14.2 Å². The van der Waals surface area contributed by atoms with Gasteiger partial charge in [-0.05, 0) is 40.5 Å². The second-order valence-corrected chi connectivity index (χ2v) is 8.06. The highest BCUT2D eigenvalue weighted by Crippen LogP contribution is 2.52. The first-order chi connectivity index (χ1) is 8.98. The van der Waals surface area contributed by atoms with Crippen molar-refractivity contribution in [1.82, 2.24) is 0 Å². The first kappa shape index (κ1) is 19.8. The lowest BCUT2D eigenvalue weighted by Crippen LogP contribution is -2.34. The Kier molecular flexibility index (Phi) is 8.19. The summed E-state index contributed by atoms with van der Waals surface area (Å²) in [5.41, 5.74) is 0. The molecule has 0 aromatic heterocycles. The van der Waals surface area contributed by atoms with Crippen LogP contribution < -0.4 is 0 Å². The lowest BCUT2D eigenvalue weighted by Gasteiger charge is -2.29. The van der Waals surface area contributed by atoms with Gasteiger partial charge in [0.1, 0.15) is 5.78 Å². The molecule has 0 saturated carbocycles. The Morgan fingerprint density at radius 3 is 1.70 bits per heavy atom. The monoisotopic (exact) mass is 308 g/mol. The fourth-order valence-corrected chi connectivity index (χ4v) is 4.40. The molecule has 0 aliphatic heterocycles. The van der Waals surface area contributed by atoms with Gasteiger partial charge in [0.25, 0.3) is 0 Å². The van der Waals surface area contributed by atoms with Crippen molar-refractivity contribution in [1.29, 1.82) is 0 Å². The van der Waals surface area contributed by atoms with Crippen molar-refractivity contribution >= 4 is 13.4 Å². The summed E-state index contributed by atoms with van der Waals surface area (Å²) in [4.78, 5) is 11.7. The topological polar surface area (TPSA) is 72.8 Å². The number of hydrogen-bond donors (Lipinski definition) is 1. The van der Waals surface area contributed by atoms with Crippen molar-refractivity contribution < 1.29 is 23.5 Å². The van der Waals surface area contributed by atoms with Gasteiger partial charge >= 0.3 is 7.60 Å². The SMILES string of the molecule is CC(=O)[C@H](CP(=O)(OC(C)C)OC(C)C)[C@@H](O)C(C)C. The summed E-state index contributed by atoms with van der Waals surface area (Å²) >= 11 is 0. The maximum Gasteiger partial charge on any atom is 0.331 e. The van der Waals surface area contributed by atoms with Crippen LogP contribution in [0.5, 0.6) is 0 Å². The van der Waals surface area contributed by atoms with Crippen LogP contribution in [-0.4, -0.2) is 35.4 Å². The van der Waals surface area contributed by atoms with Crippen LogP contribution in [0, 0.1) is 11.8 Å². The molecule has 0 fully saturated rings. The van der Waals surface area contributed by atoms with Crippen LogP contribution >= 0.6 is 7.60 Å². The van der Waals surface area contributed by atoms with Gasteiger partial charge in [-0.1, -0.05) is 13.8 Å². The second-order valence-electron chi connectivity index (χ2n) is 6.05. The highest BCUT2D eigenvalue weighted by molar-refractivity contribution is 7.53. The lowest BCUT2D eigenvalue weighted by atomic mass is 9.92. The van der Waals surface area contributed by atoms with E-state index in [2.05, 4.69) is 0 Å². The molecule has 0 aromatic rings. The fraction of sp³-hybridized carbons (Fsp3) is 0.929. The van der Waals surface area contributed by atoms with Gasteiger partial charge in [0.15, 0.2) is 0 Å². The molecule has 0 saturated heterocycles. The van der Waals surface area contributed by atoms with E-state index < -0.39 is 19.6 Å². The van der Waals surface area contributed by atoms with Crippen molar-refractivity contribution in [2.45, 2.75) is 66.8 Å². The Morgan fingerprint density at radius 1 is 1.05 bits per heavy atom. The molecule has 0 bridgehead atoms. The van der Waals surface area contributed by atoms with Crippen molar-refractivity contribution in [3.05, 3.63) is 0 Å². The highest BCUT2D eigenvalue weighted by Gasteiger charge is 2.37. The highest BCUT2D eigenvalue weighted by atomic mass is 31.2. The van der Waals surface area contributed by atoms with E-state index >= 15 is 0 Å². The van der Waals surface area contributed by atoms with Crippen LogP contribution in [0.15, 0.2) is 0 Å². The van der Waals surface area contributed by atoms with E-state index in [4.69, 9.17) is 9.05 Å². The molecule has 0 spiro atoms. The van der Waals surface area contributed by atoms with Crippen LogP contribution in [-0.2, 0) is 18.4 Å². The second kappa shape index (κ2) is 8.28. The maximum atomic E-state index is 12.8. The third kappa shape index (κ3) is 6.98. The fourth-order valence-electron chi connectivity index (χ4n) is 1.94. The summed E-state index contributed by atoms with van der Waals surface area (Å²) in [6.07, 6.45) is -1.49. The van der Waals surface area contributed by atoms with Crippen LogP contribution in [0.2, 0.25) is 0 Å². The van der Waals surface area contributed by atoms with Crippen LogP contribution in [0.3, 0.4) is 0 Å². The summed E-state index contributed by atoms with van der Waals surface area (Å²) < 4.78 is 23.6. The smallest absolute Gasteiger partial charge is 0.331 e. The van der Waals surface area contributed by atoms with E-state index in [0.29, 0.717) is 0 Å². The van der Waals surface area contributed by atoms with Crippen LogP contribution in [0.1, 0.15) is 48.5 Å². The molecule has 5 nitrogen and oxygen atoms in total. The number of carbonyl (C=O) groups is 1. The van der Waals surface area contributed by atoms with Gasteiger partial charge in [0.05, 0.1) is 30.4 Å². The first-order valence-electron chi connectivity index (χ1n) is 7.13. The summed E-state index contributed by atoms with van der Waals surface area (Å²) in [6, 6.07) is 0. The molecule has 20 heavy (non-hydrogen) atoms. The van der Waals surface area contributed by atoms with E-state index in [1.165, 1.54) is 6.92 Å². The van der Waals surface area contributed by atoms with Crippen molar-refractivity contribution in [2.75, 3.05) is 6.16 Å². The van der Waals surface area contributed by atoms with Gasteiger partial charge in [-0.25, -0.2) is 0 Å². The maximum absolute atomic E-state index is 12.8. The number of rotatable bonds is 9. The molecule has 2 atom stereocenters. The molecular formula is C14H29O5P. The molecule has 120 valence electrons. The Labute approximate surface area is 122 Å². The molecule has 0 aromatic carbocycles. The largest absolute Gasteiger partial charge is 0.392 e. The predicted molar refractivity (Wildman–Crippen MR) is 79.9 cm³/mol. The third-order valence-corrected chi connectivity index (χ3v) is 5.11. The predicted octanol–water partition coefficient (Wildman–Crippen LogP) is 3.25. The quantitative estimate of drug-likeness (QED) is 0.662. The van der Waals surface area contributed by atoms with Gasteiger partial charge in [-0.2, -0.15) is 0 Å². The number of Topliss-reactive ketones (excluding diaryl/α,β-unsaturated/α-hetero) is 1. The minimum absolute atomic E-state index is 0.0853. The van der Waals surface area contributed by atoms with Gasteiger partial charge in [0.2, 0.25) is 0 Å². The van der Waals surface area contributed by atoms with E-state index in [-0.39, 0.29) is 30.1 Å². The zero-order valence-electron chi connectivity index (χ0n) is 13.6. The zero-order chi connectivity index (χ0) is 16.1. The van der Waals surface area contributed by atoms with Crippen molar-refractivity contribution in [3.8, 4) is 0 Å². The third-order valence-electron chi connectivity index (χ3n) is 2.78. The Bertz CT molecular complexity index is 337. The molecule has 0 rings (SSSR count). The van der Waals surface area contributed by atoms with E-state index in [1.54, 1.807) is 27.7 Å². The van der Waals surface area contributed by atoms with Crippen molar-refractivity contribution in [3.63, 3.8) is 0 Å². The number of ketones is 1. The molecule has 0 aliphatic rings. The molecular weight excluding hydrogens is 279 g/mol. The number of aliphatic hydroxyl groups is 1. The lowest BCUT2D eigenvalue weighted by molar-refractivity contribution is -0.124. The van der Waals surface area contributed by atoms with Crippen LogP contribution in [0.4, 0.5) is 0 Å². The number of carbonyl (C=O) groups excluding carboxylic acids is 1. The molecule has 0 amide bonds. The summed E-state index contributed by atoms with van der Waals surface area (Å²) in [5.74, 6) is -1.04. The van der Waals surface area contributed by atoms with Gasteiger partial charge in [-0.3, -0.25) is 9.36 Å². The minimum atomic E-state index is -3.42. The minimum Gasteiger partial charge on any atom is -0.392 e. The molecule has 6 heteroatoms. The summed E-state index contributed by atoms with van der Waals surface area (Å²) in [7, 11) is -3.42. The van der Waals surface area contributed by atoms with E-state index in [0.717, 1.165) is 0 Å². The average Bonchev–Trinajstić information content (AvgIpc) is 2.21. The Hall–Kier alpha value is -0.220. The number of hydrogen-bond acceptors (Lipinski definition) is 5. The summed E-state index contributed by atoms with van der Waals surface area (Å²) in [5, 5.41) is 10.1. The average molecular weight is 308 g/mol. The van der Waals surface area contributed by atoms with E-state index in [9.17, 15) is 14.5 Å². The van der Waals surface area contributed by atoms with Gasteiger partial charge in [-0.15, -0.1) is 0 Å². The Balaban J connectivity index is 5.18. The van der Waals surface area contributed by atoms with Gasteiger partial charge in [0, 0.05) is 0 Å². The standard InChI is InChI=1S/C14H29O5P/c1-9(2)14(16)13(12(7)15)8-20(17,18-10(3)4)19-11(5)6/h9-11,13-14,16H,8H2,1-7H3/t13-,14-/m0/s1. The first-order valence-corrected chi connectivity index (χ1v) is 8.85. The molecule has 0 radical (unpaired) electrons. The number of aliphatic hydroxyl groups excluding tert-OH is 1. The van der Waals surface area contributed by atoms with Crippen molar-refractivity contribution in [2.24, 2.45) is 11.8 Å². The zero-order valence-corrected chi connectivity index (χ0v) is 14.5. The van der Waals surface area contributed by atoms with Crippen LogP contribution in [0.25, 0.3) is 0 Å². The summed E-state index contributed by atoms with van der Waals surface area (Å²) in [6.45, 7) is 12.1. The Morgan fingerprint density at radius 2 is 1.45 bits per heavy atom. The molecule has 0 aliphatic carbocycles. The normalized spacial score (nSPS) is 15.9. The molecule has 0 unspecified atom stereocenters. The molecule has 1 N–H and O–H groups in total. The molecule has 0 heterocycles. The van der Waals surface area contributed by atoms with E-state index in [1.807, 2.05) is 13.8 Å².